The van der Waals surface area contributed by atoms with Crippen LogP contribution in [0.1, 0.15) is 66.6 Å². The fourth-order valence-corrected chi connectivity index (χ4v) is 10.3. The molecule has 2 amide bonds. The molecule has 1 aliphatic carbocycles. The van der Waals surface area contributed by atoms with Gasteiger partial charge in [0.2, 0.25) is 5.91 Å². The molecule has 1 atom stereocenters. The molecule has 15 nitrogen and oxygen atoms in total. The lowest BCUT2D eigenvalue weighted by atomic mass is 9.90. The van der Waals surface area contributed by atoms with Gasteiger partial charge in [-0.15, -0.1) is 0 Å². The second kappa shape index (κ2) is 17.4. The minimum absolute atomic E-state index is 0.00747. The summed E-state index contributed by atoms with van der Waals surface area (Å²) in [5.41, 5.74) is 5.49. The fraction of sp³-hybridized carbons (Fsp3) is 0.417. The molecule has 2 saturated heterocycles. The lowest BCUT2D eigenvalue weighted by Gasteiger charge is -2.47. The van der Waals surface area contributed by atoms with E-state index < -0.39 is 29.9 Å². The molecular weight excluding hydrogens is 852 g/mol. The van der Waals surface area contributed by atoms with Crippen molar-refractivity contribution in [1.82, 2.24) is 29.0 Å². The maximum Gasteiger partial charge on any atom is 0.433 e. The number of aryl methyl sites for hydroxylation is 1. The molecule has 7 heterocycles. The van der Waals surface area contributed by atoms with Crippen molar-refractivity contribution in [2.45, 2.75) is 77.9 Å². The van der Waals surface area contributed by atoms with Gasteiger partial charge in [0.25, 0.3) is 11.5 Å². The zero-order valence-corrected chi connectivity index (χ0v) is 37.5. The lowest BCUT2D eigenvalue weighted by Crippen LogP contribution is -2.57. The van der Waals surface area contributed by atoms with Gasteiger partial charge in [-0.1, -0.05) is 20.4 Å². The maximum atomic E-state index is 14.0. The number of aliphatic hydroxyl groups is 1. The zero-order chi connectivity index (χ0) is 46.7. The van der Waals surface area contributed by atoms with Crippen LogP contribution in [0.25, 0.3) is 11.3 Å². The van der Waals surface area contributed by atoms with E-state index in [0.29, 0.717) is 78.1 Å². The van der Waals surface area contributed by atoms with Crippen molar-refractivity contribution in [3.05, 3.63) is 112 Å². The third-order valence-corrected chi connectivity index (χ3v) is 13.5. The molecule has 0 radical (unpaired) electrons. The van der Waals surface area contributed by atoms with Crippen LogP contribution in [0.5, 0.6) is 0 Å². The molecule has 0 bridgehead atoms. The molecule has 66 heavy (non-hydrogen) atoms. The Labute approximate surface area is 380 Å². The van der Waals surface area contributed by atoms with E-state index >= 15 is 0 Å². The molecule has 0 spiro atoms. The van der Waals surface area contributed by atoms with Crippen molar-refractivity contribution in [1.29, 1.82) is 0 Å². The normalized spacial score (nSPS) is 18.9. The van der Waals surface area contributed by atoms with Crippen LogP contribution in [0, 0.1) is 5.41 Å². The standard InChI is InChI=1S/C48H54F3N11O4/c1-6-42(64)55-36-22-31(7-8-38(36)60-18-17-59(26-29(60)2)32-11-15-58(16-12-32)33-9-13-52-41(23-33)48(49,50)51)54-43-46(66)57(5)27-37(56-43)34-10-14-53-44(35(34)28-63)62-20-19-61-39(45(62)65)21-30-24-47(3,4)25-40(30)61/h6-10,13-14,21-23,27,29,32,63H,1,11-12,15-20,24-26,28H2,2-5H3,(H,54,56)(H,55,64)/t29-/m0/s1. The summed E-state index contributed by atoms with van der Waals surface area (Å²) in [6.45, 7) is 14.2. The van der Waals surface area contributed by atoms with Crippen molar-refractivity contribution < 1.29 is 27.9 Å². The average Bonchev–Trinajstić information content (AvgIpc) is 3.79. The number of nitrogens with one attached hydrogen (secondary N) is 2. The summed E-state index contributed by atoms with van der Waals surface area (Å²) in [6.07, 6.45) is 4.50. The van der Waals surface area contributed by atoms with Gasteiger partial charge in [0.05, 0.1) is 23.7 Å². The summed E-state index contributed by atoms with van der Waals surface area (Å²) < 4.78 is 43.5. The number of pyridine rings is 2. The molecule has 4 aliphatic rings. The number of alkyl halides is 3. The highest BCUT2D eigenvalue weighted by Crippen LogP contribution is 2.41. The monoisotopic (exact) mass is 905 g/mol. The lowest BCUT2D eigenvalue weighted by molar-refractivity contribution is -0.141. The molecule has 18 heteroatoms. The van der Waals surface area contributed by atoms with E-state index in [4.69, 9.17) is 4.98 Å². The molecule has 3 aliphatic heterocycles. The van der Waals surface area contributed by atoms with Crippen LogP contribution in [0.3, 0.4) is 0 Å². The summed E-state index contributed by atoms with van der Waals surface area (Å²) in [6, 6.07) is 12.2. The molecule has 2 fully saturated rings. The number of nitrogens with zero attached hydrogens (tertiary/aromatic N) is 9. The van der Waals surface area contributed by atoms with E-state index in [1.165, 1.54) is 28.1 Å². The van der Waals surface area contributed by atoms with Gasteiger partial charge in [0, 0.05) is 112 Å². The highest BCUT2D eigenvalue weighted by Gasteiger charge is 2.38. The molecule has 346 valence electrons. The van der Waals surface area contributed by atoms with Crippen molar-refractivity contribution in [2.24, 2.45) is 12.5 Å². The minimum atomic E-state index is -4.50. The van der Waals surface area contributed by atoms with E-state index in [1.54, 1.807) is 42.5 Å². The highest BCUT2D eigenvalue weighted by molar-refractivity contribution is 6.06. The minimum Gasteiger partial charge on any atom is -0.392 e. The number of aromatic nitrogens is 5. The topological polar surface area (TPSA) is 157 Å². The Balaban J connectivity index is 0.919. The van der Waals surface area contributed by atoms with Gasteiger partial charge in [-0.2, -0.15) is 13.2 Å². The van der Waals surface area contributed by atoms with Gasteiger partial charge in [-0.25, -0.2) is 9.97 Å². The third-order valence-electron chi connectivity index (χ3n) is 13.5. The number of benzene rings is 1. The number of rotatable bonds is 10. The summed E-state index contributed by atoms with van der Waals surface area (Å²) in [4.78, 5) is 61.6. The van der Waals surface area contributed by atoms with E-state index in [-0.39, 0.29) is 29.2 Å². The molecular formula is C48H54F3N11O4. The Bertz CT molecular complexity index is 2780. The maximum absolute atomic E-state index is 14.0. The SMILES string of the molecule is C=CC(=O)Nc1cc(Nc2nc(-c3ccnc(N4CCn5c(cc6c5CC(C)(C)C6)C4=O)c3CO)cn(C)c2=O)ccc1N1CCN(C2CCN(c3ccnc(C(F)(F)F)c3)CC2)C[C@@H]1C. The predicted molar refractivity (Wildman–Crippen MR) is 247 cm³/mol. The van der Waals surface area contributed by atoms with Gasteiger partial charge in [-0.3, -0.25) is 29.2 Å². The Morgan fingerprint density at radius 1 is 0.985 bits per heavy atom. The number of amides is 2. The van der Waals surface area contributed by atoms with E-state index in [9.17, 15) is 32.7 Å². The first-order valence-corrected chi connectivity index (χ1v) is 22.3. The van der Waals surface area contributed by atoms with Crippen molar-refractivity contribution in [2.75, 3.05) is 64.6 Å². The molecule has 0 unspecified atom stereocenters. The van der Waals surface area contributed by atoms with Gasteiger partial charge in [0.15, 0.2) is 5.82 Å². The van der Waals surface area contributed by atoms with E-state index in [1.807, 2.05) is 23.1 Å². The van der Waals surface area contributed by atoms with Crippen molar-refractivity contribution in [3.8, 4) is 11.3 Å². The number of fused-ring (bicyclic) bond motifs is 3. The van der Waals surface area contributed by atoms with E-state index in [0.717, 1.165) is 50.5 Å². The van der Waals surface area contributed by atoms with E-state index in [2.05, 4.69) is 62.3 Å². The Hall–Kier alpha value is -6.53. The largest absolute Gasteiger partial charge is 0.433 e. The molecule has 0 saturated carbocycles. The fourth-order valence-electron chi connectivity index (χ4n) is 10.3. The second-order valence-electron chi connectivity index (χ2n) is 18.5. The van der Waals surface area contributed by atoms with Crippen LogP contribution < -0.4 is 30.9 Å². The number of aliphatic hydroxyl groups excluding tert-OH is 1. The van der Waals surface area contributed by atoms with Crippen LogP contribution in [-0.4, -0.2) is 97.3 Å². The number of piperazine rings is 1. The molecule has 5 aromatic rings. The van der Waals surface area contributed by atoms with Crippen molar-refractivity contribution >= 4 is 46.2 Å². The quantitative estimate of drug-likeness (QED) is 0.134. The Kier molecular flexibility index (Phi) is 11.7. The third kappa shape index (κ3) is 8.54. The smallest absolute Gasteiger partial charge is 0.392 e. The van der Waals surface area contributed by atoms with Crippen molar-refractivity contribution in [3.63, 3.8) is 0 Å². The van der Waals surface area contributed by atoms with Crippen LogP contribution in [-0.2, 0) is 44.0 Å². The predicted octanol–water partition coefficient (Wildman–Crippen LogP) is 6.38. The molecule has 3 N–H and O–H groups in total. The molecule has 9 rings (SSSR count). The first-order valence-electron chi connectivity index (χ1n) is 22.3. The first-order chi connectivity index (χ1) is 31.5. The number of halogens is 3. The van der Waals surface area contributed by atoms with Crippen LogP contribution >= 0.6 is 0 Å². The number of hydrogen-bond donors (Lipinski definition) is 3. The van der Waals surface area contributed by atoms with Gasteiger partial charge in [0.1, 0.15) is 17.2 Å². The van der Waals surface area contributed by atoms with Crippen LogP contribution in [0.2, 0.25) is 0 Å². The second-order valence-corrected chi connectivity index (χ2v) is 18.5. The summed E-state index contributed by atoms with van der Waals surface area (Å²) in [7, 11) is 1.61. The zero-order valence-electron chi connectivity index (χ0n) is 37.5. The number of hydrogen-bond acceptors (Lipinski definition) is 11. The number of carbonyl (C=O) groups is 2. The Morgan fingerprint density at radius 2 is 1.76 bits per heavy atom. The number of anilines is 6. The van der Waals surface area contributed by atoms with Crippen LogP contribution in [0.4, 0.5) is 47.6 Å². The summed E-state index contributed by atoms with van der Waals surface area (Å²) >= 11 is 0. The van der Waals surface area contributed by atoms with Gasteiger partial charge in [-0.05, 0) is 92.1 Å². The highest BCUT2D eigenvalue weighted by atomic mass is 19.4. The summed E-state index contributed by atoms with van der Waals surface area (Å²) in [5, 5.41) is 16.9. The number of piperidine rings is 1. The molecule has 1 aromatic carbocycles. The van der Waals surface area contributed by atoms with Crippen LogP contribution in [0.15, 0.2) is 78.5 Å². The molecule has 4 aromatic heterocycles. The first kappa shape index (κ1) is 44.7. The summed E-state index contributed by atoms with van der Waals surface area (Å²) in [5.74, 6) is -0.244. The van der Waals surface area contributed by atoms with Gasteiger partial charge < -0.3 is 34.7 Å². The number of carbonyl (C=O) groups excluding carboxylic acids is 2. The van der Waals surface area contributed by atoms with Gasteiger partial charge >= 0.3 is 6.18 Å². The Morgan fingerprint density at radius 3 is 2.48 bits per heavy atom. The average molecular weight is 906 g/mol.